The summed E-state index contributed by atoms with van der Waals surface area (Å²) >= 11 is 1.46. The molecule has 0 radical (unpaired) electrons. The number of ether oxygens (including phenoxy) is 2. The van der Waals surface area contributed by atoms with Crippen LogP contribution in [-0.2, 0) is 0 Å². The van der Waals surface area contributed by atoms with Gasteiger partial charge >= 0.3 is 0 Å². The highest BCUT2D eigenvalue weighted by molar-refractivity contribution is 7.99. The van der Waals surface area contributed by atoms with E-state index in [1.165, 1.54) is 11.8 Å². The van der Waals surface area contributed by atoms with Gasteiger partial charge in [0.15, 0.2) is 11.5 Å². The van der Waals surface area contributed by atoms with Crippen molar-refractivity contribution in [2.45, 2.75) is 24.8 Å². The van der Waals surface area contributed by atoms with Crippen molar-refractivity contribution in [2.24, 2.45) is 10.7 Å². The Hall–Kier alpha value is -1.20. The molecular formula is C12H18N2O2S. The van der Waals surface area contributed by atoms with Crippen LogP contribution in [0.25, 0.3) is 0 Å². The number of rotatable bonds is 6. The van der Waals surface area contributed by atoms with Crippen LogP contribution in [0.15, 0.2) is 22.0 Å². The molecule has 0 saturated heterocycles. The first-order valence-electron chi connectivity index (χ1n) is 5.31. The monoisotopic (exact) mass is 254 g/mol. The van der Waals surface area contributed by atoms with Gasteiger partial charge in [-0.3, -0.25) is 4.99 Å². The first kappa shape index (κ1) is 13.9. The van der Waals surface area contributed by atoms with Gasteiger partial charge in [0.25, 0.3) is 0 Å². The van der Waals surface area contributed by atoms with Crippen molar-refractivity contribution in [3.8, 4) is 11.5 Å². The zero-order chi connectivity index (χ0) is 12.8. The Morgan fingerprint density at radius 1 is 1.47 bits per heavy atom. The molecule has 0 aliphatic carbocycles. The fourth-order valence-electron chi connectivity index (χ4n) is 1.39. The van der Waals surface area contributed by atoms with Gasteiger partial charge in [-0.05, 0) is 32.7 Å². The molecule has 5 heteroatoms. The van der Waals surface area contributed by atoms with Crippen molar-refractivity contribution in [1.82, 2.24) is 0 Å². The lowest BCUT2D eigenvalue weighted by atomic mass is 10.2. The number of methoxy groups -OCH3 is 1. The molecule has 1 rings (SSSR count). The van der Waals surface area contributed by atoms with E-state index < -0.39 is 0 Å². The van der Waals surface area contributed by atoms with Crippen molar-refractivity contribution in [3.63, 3.8) is 0 Å². The summed E-state index contributed by atoms with van der Waals surface area (Å²) < 4.78 is 11.1. The SMILES string of the molecule is C=Nc1ccc(OC)c(OC(C)C)c1SCN. The summed E-state index contributed by atoms with van der Waals surface area (Å²) in [7, 11) is 1.61. The summed E-state index contributed by atoms with van der Waals surface area (Å²) in [5.41, 5.74) is 6.34. The quantitative estimate of drug-likeness (QED) is 0.482. The van der Waals surface area contributed by atoms with Crippen LogP contribution in [0, 0.1) is 0 Å². The second-order valence-corrected chi connectivity index (χ2v) is 4.61. The number of benzene rings is 1. The summed E-state index contributed by atoms with van der Waals surface area (Å²) in [4.78, 5) is 4.84. The van der Waals surface area contributed by atoms with E-state index >= 15 is 0 Å². The molecular weight excluding hydrogens is 236 g/mol. The summed E-state index contributed by atoms with van der Waals surface area (Å²) in [6, 6.07) is 3.67. The molecule has 0 saturated carbocycles. The highest BCUT2D eigenvalue weighted by Crippen LogP contribution is 2.44. The average molecular weight is 254 g/mol. The minimum atomic E-state index is 0.0566. The van der Waals surface area contributed by atoms with Gasteiger partial charge in [0.2, 0.25) is 0 Å². The molecule has 0 fully saturated rings. The van der Waals surface area contributed by atoms with Crippen LogP contribution in [-0.4, -0.2) is 25.8 Å². The molecule has 2 N–H and O–H groups in total. The topological polar surface area (TPSA) is 56.8 Å². The van der Waals surface area contributed by atoms with Gasteiger partial charge < -0.3 is 15.2 Å². The van der Waals surface area contributed by atoms with E-state index in [-0.39, 0.29) is 6.10 Å². The molecule has 1 aromatic rings. The van der Waals surface area contributed by atoms with Crippen molar-refractivity contribution < 1.29 is 9.47 Å². The lowest BCUT2D eigenvalue weighted by Crippen LogP contribution is -2.08. The summed E-state index contributed by atoms with van der Waals surface area (Å²) in [5.74, 6) is 1.81. The summed E-state index contributed by atoms with van der Waals surface area (Å²) in [6.07, 6.45) is 0.0566. The first-order chi connectivity index (χ1) is 8.13. The minimum Gasteiger partial charge on any atom is -0.493 e. The van der Waals surface area contributed by atoms with Gasteiger partial charge in [-0.2, -0.15) is 0 Å². The van der Waals surface area contributed by atoms with Crippen LogP contribution in [0.5, 0.6) is 11.5 Å². The Morgan fingerprint density at radius 2 is 2.18 bits per heavy atom. The Morgan fingerprint density at radius 3 is 2.65 bits per heavy atom. The van der Waals surface area contributed by atoms with Crippen LogP contribution in [0.4, 0.5) is 5.69 Å². The Labute approximate surface area is 106 Å². The number of nitrogens with zero attached hydrogens (tertiary/aromatic N) is 1. The number of thioether (sulfide) groups is 1. The zero-order valence-electron chi connectivity index (χ0n) is 10.4. The second kappa shape index (κ2) is 6.51. The number of aliphatic imine (C=N–C) groups is 1. The first-order valence-corrected chi connectivity index (χ1v) is 6.29. The molecule has 94 valence electrons. The molecule has 0 unspecified atom stereocenters. The lowest BCUT2D eigenvalue weighted by molar-refractivity contribution is 0.224. The van der Waals surface area contributed by atoms with Crippen LogP contribution >= 0.6 is 11.8 Å². The maximum absolute atomic E-state index is 5.77. The third kappa shape index (κ3) is 3.38. The van der Waals surface area contributed by atoms with Crippen molar-refractivity contribution >= 4 is 24.2 Å². The molecule has 4 nitrogen and oxygen atoms in total. The molecule has 0 spiro atoms. The molecule has 17 heavy (non-hydrogen) atoms. The third-order valence-corrected chi connectivity index (χ3v) is 2.88. The summed E-state index contributed by atoms with van der Waals surface area (Å²) in [6.45, 7) is 7.47. The molecule has 0 aromatic heterocycles. The average Bonchev–Trinajstić information content (AvgIpc) is 2.30. The van der Waals surface area contributed by atoms with Gasteiger partial charge in [-0.25, -0.2) is 0 Å². The predicted molar refractivity (Wildman–Crippen MR) is 72.9 cm³/mol. The van der Waals surface area contributed by atoms with Gasteiger partial charge in [0.05, 0.1) is 23.8 Å². The molecule has 0 bridgehead atoms. The van der Waals surface area contributed by atoms with Crippen molar-refractivity contribution in [1.29, 1.82) is 0 Å². The normalized spacial score (nSPS) is 10.4. The number of hydrogen-bond donors (Lipinski definition) is 1. The predicted octanol–water partition coefficient (Wildman–Crippen LogP) is 2.82. The van der Waals surface area contributed by atoms with Crippen LogP contribution in [0.3, 0.4) is 0 Å². The molecule has 0 atom stereocenters. The smallest absolute Gasteiger partial charge is 0.177 e. The van der Waals surface area contributed by atoms with E-state index in [1.54, 1.807) is 7.11 Å². The maximum Gasteiger partial charge on any atom is 0.177 e. The highest BCUT2D eigenvalue weighted by Gasteiger charge is 2.16. The van der Waals surface area contributed by atoms with Crippen LogP contribution in [0.2, 0.25) is 0 Å². The molecule has 0 aliphatic rings. The minimum absolute atomic E-state index is 0.0566. The fourth-order valence-corrected chi connectivity index (χ4v) is 2.12. The highest BCUT2D eigenvalue weighted by atomic mass is 32.2. The van der Waals surface area contributed by atoms with Gasteiger partial charge in [0.1, 0.15) is 0 Å². The molecule has 0 amide bonds. The molecule has 0 heterocycles. The van der Waals surface area contributed by atoms with Gasteiger partial charge in [0, 0.05) is 5.88 Å². The molecule has 1 aromatic carbocycles. The largest absolute Gasteiger partial charge is 0.493 e. The molecule has 0 aliphatic heterocycles. The van der Waals surface area contributed by atoms with E-state index in [2.05, 4.69) is 11.7 Å². The Kier molecular flexibility index (Phi) is 5.31. The second-order valence-electron chi connectivity index (χ2n) is 3.58. The van der Waals surface area contributed by atoms with E-state index in [0.29, 0.717) is 17.4 Å². The van der Waals surface area contributed by atoms with E-state index in [1.807, 2.05) is 26.0 Å². The number of nitrogens with two attached hydrogens (primary N) is 1. The van der Waals surface area contributed by atoms with E-state index in [4.69, 9.17) is 15.2 Å². The summed E-state index contributed by atoms with van der Waals surface area (Å²) in [5, 5.41) is 0. The third-order valence-electron chi connectivity index (χ3n) is 2.03. The maximum atomic E-state index is 5.77. The standard InChI is InChI=1S/C12H18N2O2S/c1-8(2)16-11-10(15-4)6-5-9(14-3)12(11)17-7-13/h5-6,8H,3,7,13H2,1-2,4H3. The van der Waals surface area contributed by atoms with Gasteiger partial charge in [-0.1, -0.05) is 0 Å². The van der Waals surface area contributed by atoms with Crippen LogP contribution < -0.4 is 15.2 Å². The Bertz CT molecular complexity index is 394. The van der Waals surface area contributed by atoms with E-state index in [9.17, 15) is 0 Å². The fraction of sp³-hybridized carbons (Fsp3) is 0.417. The Balaban J connectivity index is 3.29. The van der Waals surface area contributed by atoms with Crippen LogP contribution in [0.1, 0.15) is 13.8 Å². The lowest BCUT2D eigenvalue weighted by Gasteiger charge is -2.18. The van der Waals surface area contributed by atoms with Gasteiger partial charge in [-0.15, -0.1) is 11.8 Å². The van der Waals surface area contributed by atoms with E-state index in [0.717, 1.165) is 10.6 Å². The zero-order valence-corrected chi connectivity index (χ0v) is 11.2. The van der Waals surface area contributed by atoms with Crippen molar-refractivity contribution in [2.75, 3.05) is 13.0 Å². The van der Waals surface area contributed by atoms with Crippen molar-refractivity contribution in [3.05, 3.63) is 12.1 Å². The number of hydrogen-bond acceptors (Lipinski definition) is 5.